The average Bonchev–Trinajstić information content (AvgIpc) is 2.49. The summed E-state index contributed by atoms with van der Waals surface area (Å²) in [5.41, 5.74) is 7.18. The van der Waals surface area contributed by atoms with Gasteiger partial charge in [-0.3, -0.25) is 0 Å². The highest BCUT2D eigenvalue weighted by Gasteiger charge is 2.18. The van der Waals surface area contributed by atoms with E-state index in [0.717, 1.165) is 29.9 Å². The van der Waals surface area contributed by atoms with Crippen molar-refractivity contribution in [2.75, 3.05) is 12.0 Å². The molecule has 5 heteroatoms. The third-order valence-electron chi connectivity index (χ3n) is 3.62. The molecule has 0 saturated carbocycles. The molecule has 0 fully saturated rings. The first kappa shape index (κ1) is 13.0. The zero-order chi connectivity index (χ0) is 13.9. The molecule has 0 bridgehead atoms. The second-order valence-corrected chi connectivity index (χ2v) is 4.96. The summed E-state index contributed by atoms with van der Waals surface area (Å²) in [6.07, 6.45) is 1.53. The molecule has 0 unspecified atom stereocenters. The van der Waals surface area contributed by atoms with Crippen LogP contribution in [0.1, 0.15) is 28.2 Å². The minimum Gasteiger partial charge on any atom is -0.376 e. The van der Waals surface area contributed by atoms with Crippen LogP contribution in [-0.2, 0) is 24.2 Å². The molecule has 0 atom stereocenters. The molecule has 1 aliphatic rings. The van der Waals surface area contributed by atoms with Crippen LogP contribution in [0.4, 0.5) is 5.82 Å². The van der Waals surface area contributed by atoms with Crippen LogP contribution in [0.2, 0.25) is 0 Å². The molecule has 20 heavy (non-hydrogen) atoms. The molecule has 104 valence electrons. The topological polar surface area (TPSA) is 73.1 Å². The van der Waals surface area contributed by atoms with E-state index in [1.165, 1.54) is 11.1 Å². The highest BCUT2D eigenvalue weighted by molar-refractivity contribution is 5.46. The minimum absolute atomic E-state index is 0.527. The number of benzene rings is 1. The number of anilines is 1. The second-order valence-electron chi connectivity index (χ2n) is 4.96. The van der Waals surface area contributed by atoms with Gasteiger partial charge in [0.2, 0.25) is 0 Å². The van der Waals surface area contributed by atoms with Gasteiger partial charge in [-0.15, -0.1) is 0 Å². The minimum atomic E-state index is 0.527. The van der Waals surface area contributed by atoms with Crippen molar-refractivity contribution in [3.63, 3.8) is 0 Å². The zero-order valence-corrected chi connectivity index (χ0v) is 11.5. The van der Waals surface area contributed by atoms with Gasteiger partial charge in [-0.05, 0) is 18.1 Å². The van der Waals surface area contributed by atoms with E-state index in [2.05, 4.69) is 34.5 Å². The Labute approximate surface area is 118 Å². The standard InChI is InChI=1S/C15H18N4O/c1-10-4-2-3-5-11(10)8-14-17-13-6-7-20-9-12(13)15(18-14)19-16/h2-5H,6-9,16H2,1H3,(H,17,18,19). The van der Waals surface area contributed by atoms with E-state index in [1.807, 2.05) is 12.1 Å². The fourth-order valence-electron chi connectivity index (χ4n) is 2.46. The summed E-state index contributed by atoms with van der Waals surface area (Å²) in [5, 5.41) is 0. The van der Waals surface area contributed by atoms with Crippen LogP contribution in [0.25, 0.3) is 0 Å². The van der Waals surface area contributed by atoms with Gasteiger partial charge >= 0.3 is 0 Å². The number of nitrogen functional groups attached to an aromatic ring is 1. The van der Waals surface area contributed by atoms with Crippen LogP contribution < -0.4 is 11.3 Å². The number of nitrogens with one attached hydrogen (secondary N) is 1. The van der Waals surface area contributed by atoms with Crippen LogP contribution in [0, 0.1) is 6.92 Å². The molecule has 0 saturated heterocycles. The highest BCUT2D eigenvalue weighted by atomic mass is 16.5. The molecule has 3 N–H and O–H groups in total. The quantitative estimate of drug-likeness (QED) is 0.656. The lowest BCUT2D eigenvalue weighted by Gasteiger charge is -2.19. The average molecular weight is 270 g/mol. The number of nitrogens with zero attached hydrogens (tertiary/aromatic N) is 2. The molecule has 0 spiro atoms. The molecule has 3 rings (SSSR count). The van der Waals surface area contributed by atoms with Gasteiger partial charge in [-0.2, -0.15) is 0 Å². The van der Waals surface area contributed by atoms with Crippen molar-refractivity contribution >= 4 is 5.82 Å². The molecule has 1 aromatic heterocycles. The van der Waals surface area contributed by atoms with E-state index in [-0.39, 0.29) is 0 Å². The fraction of sp³-hybridized carbons (Fsp3) is 0.333. The number of rotatable bonds is 3. The van der Waals surface area contributed by atoms with Gasteiger partial charge in [0.15, 0.2) is 0 Å². The SMILES string of the molecule is Cc1ccccc1Cc1nc2c(c(NN)n1)COCC2. The predicted molar refractivity (Wildman–Crippen MR) is 77.2 cm³/mol. The number of aromatic nitrogens is 2. The summed E-state index contributed by atoms with van der Waals surface area (Å²) in [7, 11) is 0. The Morgan fingerprint density at radius 3 is 2.95 bits per heavy atom. The zero-order valence-electron chi connectivity index (χ0n) is 11.5. The summed E-state index contributed by atoms with van der Waals surface area (Å²) in [6, 6.07) is 8.29. The summed E-state index contributed by atoms with van der Waals surface area (Å²) in [6.45, 7) is 3.33. The van der Waals surface area contributed by atoms with Gasteiger partial charge in [0.05, 0.1) is 18.9 Å². The predicted octanol–water partition coefficient (Wildman–Crippen LogP) is 1.73. The summed E-state index contributed by atoms with van der Waals surface area (Å²) in [5.74, 6) is 7.05. The molecule has 5 nitrogen and oxygen atoms in total. The van der Waals surface area contributed by atoms with Crippen LogP contribution in [0.15, 0.2) is 24.3 Å². The van der Waals surface area contributed by atoms with E-state index in [4.69, 9.17) is 10.6 Å². The van der Waals surface area contributed by atoms with Gasteiger partial charge in [-0.1, -0.05) is 24.3 Å². The fourth-order valence-corrected chi connectivity index (χ4v) is 2.46. The number of ether oxygens (including phenoxy) is 1. The van der Waals surface area contributed by atoms with Crippen molar-refractivity contribution in [1.29, 1.82) is 0 Å². The van der Waals surface area contributed by atoms with Gasteiger partial charge in [-0.25, -0.2) is 15.8 Å². The Balaban J connectivity index is 1.96. The lowest BCUT2D eigenvalue weighted by molar-refractivity contribution is 0.109. The molecular formula is C15H18N4O. The molecule has 0 aliphatic carbocycles. The Morgan fingerprint density at radius 1 is 1.30 bits per heavy atom. The molecule has 1 aliphatic heterocycles. The van der Waals surface area contributed by atoms with Crippen LogP contribution in [-0.4, -0.2) is 16.6 Å². The lowest BCUT2D eigenvalue weighted by Crippen LogP contribution is -2.20. The van der Waals surface area contributed by atoms with Gasteiger partial charge in [0.1, 0.15) is 11.6 Å². The molecule has 2 aromatic rings. The maximum absolute atomic E-state index is 5.57. The van der Waals surface area contributed by atoms with Crippen LogP contribution in [0.5, 0.6) is 0 Å². The van der Waals surface area contributed by atoms with E-state index >= 15 is 0 Å². The third-order valence-corrected chi connectivity index (χ3v) is 3.62. The third kappa shape index (κ3) is 2.50. The smallest absolute Gasteiger partial charge is 0.149 e. The van der Waals surface area contributed by atoms with Gasteiger partial charge < -0.3 is 10.2 Å². The van der Waals surface area contributed by atoms with Gasteiger partial charge in [0.25, 0.3) is 0 Å². The monoisotopic (exact) mass is 270 g/mol. The number of hydrazine groups is 1. The van der Waals surface area contributed by atoms with E-state index < -0.39 is 0 Å². The molecule has 1 aromatic carbocycles. The molecular weight excluding hydrogens is 252 g/mol. The normalized spacial score (nSPS) is 13.9. The first-order chi connectivity index (χ1) is 9.78. The Hall–Kier alpha value is -1.98. The molecule has 2 heterocycles. The van der Waals surface area contributed by atoms with Crippen molar-refractivity contribution in [1.82, 2.24) is 9.97 Å². The van der Waals surface area contributed by atoms with Crippen LogP contribution >= 0.6 is 0 Å². The largest absolute Gasteiger partial charge is 0.376 e. The maximum atomic E-state index is 5.57. The van der Waals surface area contributed by atoms with E-state index in [1.54, 1.807) is 0 Å². The molecule has 0 radical (unpaired) electrons. The number of aryl methyl sites for hydroxylation is 1. The number of hydrogen-bond donors (Lipinski definition) is 2. The summed E-state index contributed by atoms with van der Waals surface area (Å²) >= 11 is 0. The summed E-state index contributed by atoms with van der Waals surface area (Å²) < 4.78 is 5.44. The maximum Gasteiger partial charge on any atom is 0.149 e. The lowest BCUT2D eigenvalue weighted by atomic mass is 10.0. The van der Waals surface area contributed by atoms with E-state index in [0.29, 0.717) is 19.0 Å². The Kier molecular flexibility index (Phi) is 3.62. The summed E-state index contributed by atoms with van der Waals surface area (Å²) in [4.78, 5) is 9.19. The molecule has 0 amide bonds. The van der Waals surface area contributed by atoms with Crippen molar-refractivity contribution < 1.29 is 4.74 Å². The number of hydrogen-bond acceptors (Lipinski definition) is 5. The highest BCUT2D eigenvalue weighted by Crippen LogP contribution is 2.22. The van der Waals surface area contributed by atoms with Crippen molar-refractivity contribution in [2.45, 2.75) is 26.4 Å². The first-order valence-corrected chi connectivity index (χ1v) is 6.75. The van der Waals surface area contributed by atoms with Crippen molar-refractivity contribution in [3.8, 4) is 0 Å². The Morgan fingerprint density at radius 2 is 2.15 bits per heavy atom. The number of nitrogens with two attached hydrogens (primary N) is 1. The Bertz CT molecular complexity index is 610. The van der Waals surface area contributed by atoms with Crippen molar-refractivity contribution in [2.24, 2.45) is 5.84 Å². The first-order valence-electron chi connectivity index (χ1n) is 6.75. The van der Waals surface area contributed by atoms with Gasteiger partial charge in [0, 0.05) is 18.4 Å². The number of fused-ring (bicyclic) bond motifs is 1. The van der Waals surface area contributed by atoms with Crippen molar-refractivity contribution in [3.05, 3.63) is 52.5 Å². The van der Waals surface area contributed by atoms with Crippen LogP contribution in [0.3, 0.4) is 0 Å². The van der Waals surface area contributed by atoms with E-state index in [9.17, 15) is 0 Å². The second kappa shape index (κ2) is 5.56.